The van der Waals surface area contributed by atoms with E-state index in [0.717, 1.165) is 5.56 Å². The zero-order chi connectivity index (χ0) is 14.5. The summed E-state index contributed by atoms with van der Waals surface area (Å²) >= 11 is 0. The fraction of sp³-hybridized carbons (Fsp3) is 0.571. The van der Waals surface area contributed by atoms with Crippen LogP contribution in [0.4, 0.5) is 0 Å². The molecule has 5 heteroatoms. The van der Waals surface area contributed by atoms with Gasteiger partial charge in [0.15, 0.2) is 0 Å². The number of nitrogens with zero attached hydrogens (tertiary/aromatic N) is 1. The second-order valence-corrected chi connectivity index (χ2v) is 7.00. The van der Waals surface area contributed by atoms with Gasteiger partial charge in [0.2, 0.25) is 0 Å². The summed E-state index contributed by atoms with van der Waals surface area (Å²) in [5.74, 6) is 0. The Morgan fingerprint density at radius 3 is 2.05 bits per heavy atom. The topological polar surface area (TPSA) is 38.8 Å². The van der Waals surface area contributed by atoms with Crippen LogP contribution in [0.3, 0.4) is 0 Å². The van der Waals surface area contributed by atoms with E-state index in [-0.39, 0.29) is 18.7 Å². The molecule has 0 bridgehead atoms. The molecule has 4 nitrogen and oxygen atoms in total. The normalized spacial score (nSPS) is 15.2. The highest BCUT2D eigenvalue weighted by Gasteiger charge is 2.36. The van der Waals surface area contributed by atoms with E-state index in [1.807, 2.05) is 58.0 Å². The van der Waals surface area contributed by atoms with Gasteiger partial charge in [-0.3, -0.25) is 9.05 Å². The molecule has 0 amide bonds. The summed E-state index contributed by atoms with van der Waals surface area (Å²) in [5.41, 5.74) is 0.979. The lowest BCUT2D eigenvalue weighted by Gasteiger charge is -2.35. The van der Waals surface area contributed by atoms with E-state index in [4.69, 9.17) is 9.05 Å². The average Bonchev–Trinajstić information content (AvgIpc) is 2.37. The van der Waals surface area contributed by atoms with Gasteiger partial charge in [0.1, 0.15) is 0 Å². The van der Waals surface area contributed by atoms with Gasteiger partial charge in [-0.2, -0.15) is 0 Å². The molecule has 0 heterocycles. The maximum Gasteiger partial charge on any atom is 0.408 e. The lowest BCUT2D eigenvalue weighted by molar-refractivity contribution is 0.144. The Bertz CT molecular complexity index is 412. The third-order valence-electron chi connectivity index (χ3n) is 2.81. The fourth-order valence-corrected chi connectivity index (χ4v) is 3.98. The van der Waals surface area contributed by atoms with Gasteiger partial charge in [-0.05, 0) is 33.3 Å². The molecule has 1 atom stereocenters. The molecular weight excluding hydrogens is 261 g/mol. The molecule has 0 saturated carbocycles. The minimum atomic E-state index is -3.25. The van der Waals surface area contributed by atoms with Crippen LogP contribution in [0.25, 0.3) is 0 Å². The van der Waals surface area contributed by atoms with E-state index >= 15 is 0 Å². The van der Waals surface area contributed by atoms with Gasteiger partial charge >= 0.3 is 7.75 Å². The SMILES string of the molecule is COP(=O)(OCc1ccccc1)N(C(C)C)C(C)C. The molecule has 0 N–H and O–H groups in total. The number of hydrogen-bond acceptors (Lipinski definition) is 3. The minimum absolute atomic E-state index is 0.0848. The Balaban J connectivity index is 2.82. The van der Waals surface area contributed by atoms with Crippen molar-refractivity contribution in [3.63, 3.8) is 0 Å². The predicted molar refractivity (Wildman–Crippen MR) is 78.0 cm³/mol. The third-order valence-corrected chi connectivity index (χ3v) is 5.22. The molecule has 108 valence electrons. The van der Waals surface area contributed by atoms with Crippen LogP contribution in [0.1, 0.15) is 33.3 Å². The van der Waals surface area contributed by atoms with Crippen LogP contribution >= 0.6 is 7.75 Å². The standard InChI is InChI=1S/C14H24NO3P/c1-12(2)15(13(3)4)19(16,17-5)18-11-14-9-7-6-8-10-14/h6-10,12-13H,11H2,1-5H3. The second-order valence-electron chi connectivity index (χ2n) is 4.98. The Hall–Kier alpha value is -0.670. The van der Waals surface area contributed by atoms with Gasteiger partial charge in [0.05, 0.1) is 6.61 Å². The zero-order valence-electron chi connectivity index (χ0n) is 12.4. The highest BCUT2D eigenvalue weighted by Crippen LogP contribution is 2.54. The minimum Gasteiger partial charge on any atom is -0.300 e. The van der Waals surface area contributed by atoms with Crippen molar-refractivity contribution in [1.29, 1.82) is 0 Å². The molecule has 0 aliphatic heterocycles. The van der Waals surface area contributed by atoms with E-state index in [2.05, 4.69) is 0 Å². The molecule has 0 saturated heterocycles. The highest BCUT2D eigenvalue weighted by atomic mass is 31.2. The Kier molecular flexibility index (Phi) is 6.21. The Labute approximate surface area is 116 Å². The van der Waals surface area contributed by atoms with Crippen molar-refractivity contribution in [2.24, 2.45) is 0 Å². The maximum atomic E-state index is 12.8. The van der Waals surface area contributed by atoms with Gasteiger partial charge in [-0.15, -0.1) is 0 Å². The van der Waals surface area contributed by atoms with Gasteiger partial charge < -0.3 is 0 Å². The molecule has 19 heavy (non-hydrogen) atoms. The van der Waals surface area contributed by atoms with Gasteiger partial charge in [-0.1, -0.05) is 30.3 Å². The summed E-state index contributed by atoms with van der Waals surface area (Å²) in [5, 5.41) is 0. The predicted octanol–water partition coefficient (Wildman–Crippen LogP) is 4.08. The van der Waals surface area contributed by atoms with Crippen LogP contribution in [0.2, 0.25) is 0 Å². The first-order valence-corrected chi connectivity index (χ1v) is 8.03. The van der Waals surface area contributed by atoms with Crippen LogP contribution in [-0.4, -0.2) is 23.9 Å². The maximum absolute atomic E-state index is 12.8. The van der Waals surface area contributed by atoms with Gasteiger partial charge in [0, 0.05) is 19.2 Å². The molecule has 0 radical (unpaired) electrons. The first-order valence-electron chi connectivity index (χ1n) is 6.53. The van der Waals surface area contributed by atoms with E-state index in [1.54, 1.807) is 4.67 Å². The molecule has 0 spiro atoms. The molecule has 0 aromatic heterocycles. The first-order chi connectivity index (χ1) is 8.90. The summed E-state index contributed by atoms with van der Waals surface area (Å²) in [6, 6.07) is 9.85. The monoisotopic (exact) mass is 285 g/mol. The number of rotatable bonds is 7. The summed E-state index contributed by atoms with van der Waals surface area (Å²) in [6.45, 7) is 8.21. The Morgan fingerprint density at radius 1 is 1.11 bits per heavy atom. The number of benzene rings is 1. The van der Waals surface area contributed by atoms with Crippen molar-refractivity contribution in [3.05, 3.63) is 35.9 Å². The van der Waals surface area contributed by atoms with E-state index in [1.165, 1.54) is 7.11 Å². The molecule has 0 aliphatic rings. The Morgan fingerprint density at radius 2 is 1.63 bits per heavy atom. The molecule has 0 aliphatic carbocycles. The van der Waals surface area contributed by atoms with Crippen molar-refractivity contribution in [2.45, 2.75) is 46.4 Å². The lowest BCUT2D eigenvalue weighted by atomic mass is 10.2. The van der Waals surface area contributed by atoms with Crippen LogP contribution in [0.5, 0.6) is 0 Å². The van der Waals surface area contributed by atoms with Crippen LogP contribution in [0, 0.1) is 0 Å². The van der Waals surface area contributed by atoms with Gasteiger partial charge in [-0.25, -0.2) is 9.24 Å². The molecular formula is C14H24NO3P. The van der Waals surface area contributed by atoms with E-state index in [9.17, 15) is 4.57 Å². The highest BCUT2D eigenvalue weighted by molar-refractivity contribution is 7.51. The molecule has 1 rings (SSSR count). The summed E-state index contributed by atoms with van der Waals surface area (Å²) in [4.78, 5) is 0. The van der Waals surface area contributed by atoms with Crippen molar-refractivity contribution >= 4 is 7.75 Å². The van der Waals surface area contributed by atoms with Crippen molar-refractivity contribution in [2.75, 3.05) is 7.11 Å². The third kappa shape index (κ3) is 4.43. The molecule has 0 fully saturated rings. The summed E-state index contributed by atoms with van der Waals surface area (Å²) in [7, 11) is -1.82. The molecule has 1 aromatic carbocycles. The number of hydrogen-bond donors (Lipinski definition) is 0. The fourth-order valence-electron chi connectivity index (χ4n) is 2.11. The summed E-state index contributed by atoms with van der Waals surface area (Å²) in [6.07, 6.45) is 0. The van der Waals surface area contributed by atoms with Crippen LogP contribution in [0.15, 0.2) is 30.3 Å². The van der Waals surface area contributed by atoms with Crippen molar-refractivity contribution in [3.8, 4) is 0 Å². The van der Waals surface area contributed by atoms with E-state index < -0.39 is 7.75 Å². The van der Waals surface area contributed by atoms with Crippen LogP contribution < -0.4 is 0 Å². The van der Waals surface area contributed by atoms with Crippen LogP contribution in [-0.2, 0) is 20.2 Å². The molecule has 1 aromatic rings. The van der Waals surface area contributed by atoms with Crippen molar-refractivity contribution < 1.29 is 13.6 Å². The van der Waals surface area contributed by atoms with E-state index in [0.29, 0.717) is 0 Å². The average molecular weight is 285 g/mol. The molecule has 1 unspecified atom stereocenters. The van der Waals surface area contributed by atoms with Gasteiger partial charge in [0.25, 0.3) is 0 Å². The first kappa shape index (κ1) is 16.4. The largest absolute Gasteiger partial charge is 0.408 e. The lowest BCUT2D eigenvalue weighted by Crippen LogP contribution is -2.35. The zero-order valence-corrected chi connectivity index (χ0v) is 13.3. The quantitative estimate of drug-likeness (QED) is 0.708. The second kappa shape index (κ2) is 7.20. The van der Waals surface area contributed by atoms with Crippen molar-refractivity contribution in [1.82, 2.24) is 4.67 Å². The summed E-state index contributed by atoms with van der Waals surface area (Å²) < 4.78 is 25.4. The smallest absolute Gasteiger partial charge is 0.300 e.